The number of nitrogens with one attached hydrogen (secondary N) is 1. The van der Waals surface area contributed by atoms with Crippen molar-refractivity contribution in [1.29, 1.82) is 0 Å². The zero-order valence-corrected chi connectivity index (χ0v) is 11.2. The molecule has 0 saturated carbocycles. The van der Waals surface area contributed by atoms with E-state index in [1.807, 2.05) is 0 Å². The maximum atomic E-state index is 12.5. The van der Waals surface area contributed by atoms with E-state index in [-0.39, 0.29) is 5.78 Å². The van der Waals surface area contributed by atoms with Crippen molar-refractivity contribution in [3.05, 3.63) is 35.0 Å². The molecule has 0 radical (unpaired) electrons. The SMILES string of the molecule is Cc1ccc2[nH]c3c(c2c1)C(=O)CN1CCCCC31. The van der Waals surface area contributed by atoms with Crippen molar-refractivity contribution in [2.45, 2.75) is 32.2 Å². The van der Waals surface area contributed by atoms with Crippen LogP contribution in [-0.4, -0.2) is 28.8 Å². The number of benzene rings is 1. The number of nitrogens with zero attached hydrogens (tertiary/aromatic N) is 1. The maximum absolute atomic E-state index is 12.5. The third kappa shape index (κ3) is 1.58. The molecule has 1 atom stereocenters. The largest absolute Gasteiger partial charge is 0.356 e. The Bertz CT molecular complexity index is 671. The number of hydrogen-bond acceptors (Lipinski definition) is 2. The van der Waals surface area contributed by atoms with E-state index in [0.717, 1.165) is 28.7 Å². The molecule has 19 heavy (non-hydrogen) atoms. The molecule has 1 aromatic heterocycles. The minimum Gasteiger partial charge on any atom is -0.356 e. The van der Waals surface area contributed by atoms with Gasteiger partial charge < -0.3 is 4.98 Å². The topological polar surface area (TPSA) is 36.1 Å². The average molecular weight is 254 g/mol. The number of carbonyl (C=O) groups excluding carboxylic acids is 1. The Labute approximate surface area is 112 Å². The summed E-state index contributed by atoms with van der Waals surface area (Å²) < 4.78 is 0. The fourth-order valence-corrected chi connectivity index (χ4v) is 3.65. The molecule has 3 heterocycles. The van der Waals surface area contributed by atoms with Gasteiger partial charge in [0, 0.05) is 22.2 Å². The van der Waals surface area contributed by atoms with Crippen molar-refractivity contribution in [1.82, 2.24) is 9.88 Å². The van der Waals surface area contributed by atoms with Gasteiger partial charge in [-0.25, -0.2) is 0 Å². The van der Waals surface area contributed by atoms with Gasteiger partial charge in [0.2, 0.25) is 0 Å². The zero-order valence-electron chi connectivity index (χ0n) is 11.2. The number of Topliss-reactive ketones (excluding diaryl/α,β-unsaturated/α-hetero) is 1. The summed E-state index contributed by atoms with van der Waals surface area (Å²) in [5.74, 6) is 0.282. The summed E-state index contributed by atoms with van der Waals surface area (Å²) in [6.45, 7) is 3.74. The smallest absolute Gasteiger partial charge is 0.179 e. The first-order valence-electron chi connectivity index (χ1n) is 7.13. The van der Waals surface area contributed by atoms with Crippen molar-refractivity contribution in [3.63, 3.8) is 0 Å². The lowest BCUT2D eigenvalue weighted by Gasteiger charge is -2.38. The zero-order chi connectivity index (χ0) is 13.0. The summed E-state index contributed by atoms with van der Waals surface area (Å²) >= 11 is 0. The van der Waals surface area contributed by atoms with E-state index in [1.54, 1.807) is 0 Å². The second-order valence-electron chi connectivity index (χ2n) is 5.87. The molecule has 2 aliphatic rings. The van der Waals surface area contributed by atoms with Gasteiger partial charge in [-0.2, -0.15) is 0 Å². The number of piperidine rings is 1. The Morgan fingerprint density at radius 2 is 2.21 bits per heavy atom. The molecule has 98 valence electrons. The first kappa shape index (κ1) is 11.2. The molecule has 4 rings (SSSR count). The van der Waals surface area contributed by atoms with Crippen LogP contribution in [-0.2, 0) is 0 Å². The van der Waals surface area contributed by atoms with Gasteiger partial charge in [0.1, 0.15) is 0 Å². The highest BCUT2D eigenvalue weighted by molar-refractivity contribution is 6.11. The first-order valence-corrected chi connectivity index (χ1v) is 7.13. The quantitative estimate of drug-likeness (QED) is 0.783. The minimum absolute atomic E-state index is 0.282. The number of hydrogen-bond donors (Lipinski definition) is 1. The lowest BCUT2D eigenvalue weighted by molar-refractivity contribution is 0.0786. The van der Waals surface area contributed by atoms with Gasteiger partial charge in [0.25, 0.3) is 0 Å². The van der Waals surface area contributed by atoms with Crippen LogP contribution in [0.25, 0.3) is 10.9 Å². The summed E-state index contributed by atoms with van der Waals surface area (Å²) in [7, 11) is 0. The Hall–Kier alpha value is -1.61. The first-order chi connectivity index (χ1) is 9.24. The third-order valence-corrected chi connectivity index (χ3v) is 4.56. The third-order valence-electron chi connectivity index (χ3n) is 4.56. The Balaban J connectivity index is 1.96. The second kappa shape index (κ2) is 3.94. The predicted molar refractivity (Wildman–Crippen MR) is 75.5 cm³/mol. The van der Waals surface area contributed by atoms with Crippen molar-refractivity contribution < 1.29 is 4.79 Å². The molecule has 1 unspecified atom stereocenters. The monoisotopic (exact) mass is 254 g/mol. The fraction of sp³-hybridized carbons (Fsp3) is 0.438. The summed E-state index contributed by atoms with van der Waals surface area (Å²) in [5, 5.41) is 1.12. The standard InChI is InChI=1S/C16H18N2O/c1-10-5-6-12-11(8-10)15-14(19)9-18-7-3-2-4-13(18)16(15)17-12/h5-6,8,13,17H,2-4,7,9H2,1H3. The number of aromatic nitrogens is 1. The summed E-state index contributed by atoms with van der Waals surface area (Å²) in [6, 6.07) is 6.77. The molecule has 1 saturated heterocycles. The molecule has 2 aromatic rings. The fourth-order valence-electron chi connectivity index (χ4n) is 3.65. The molecule has 0 amide bonds. The average Bonchev–Trinajstić information content (AvgIpc) is 2.78. The van der Waals surface area contributed by atoms with E-state index in [9.17, 15) is 4.79 Å². The van der Waals surface area contributed by atoms with Gasteiger partial charge in [-0.15, -0.1) is 0 Å². The van der Waals surface area contributed by atoms with Crippen molar-refractivity contribution in [3.8, 4) is 0 Å². The van der Waals surface area contributed by atoms with Gasteiger partial charge in [-0.3, -0.25) is 9.69 Å². The summed E-state index contributed by atoms with van der Waals surface area (Å²) in [5.41, 5.74) is 4.45. The van der Waals surface area contributed by atoms with E-state index in [4.69, 9.17) is 0 Å². The second-order valence-corrected chi connectivity index (χ2v) is 5.87. The number of fused-ring (bicyclic) bond motifs is 5. The van der Waals surface area contributed by atoms with E-state index in [2.05, 4.69) is 35.0 Å². The van der Waals surface area contributed by atoms with E-state index in [1.165, 1.54) is 24.8 Å². The van der Waals surface area contributed by atoms with Gasteiger partial charge >= 0.3 is 0 Å². The van der Waals surface area contributed by atoms with Crippen LogP contribution in [0.15, 0.2) is 18.2 Å². The van der Waals surface area contributed by atoms with Crippen LogP contribution in [0.5, 0.6) is 0 Å². The number of H-pyrrole nitrogens is 1. The van der Waals surface area contributed by atoms with Gasteiger partial charge in [0.05, 0.1) is 12.6 Å². The summed E-state index contributed by atoms with van der Waals surface area (Å²) in [6.07, 6.45) is 3.66. The van der Waals surface area contributed by atoms with Gasteiger partial charge in [-0.1, -0.05) is 18.1 Å². The van der Waals surface area contributed by atoms with Crippen molar-refractivity contribution >= 4 is 16.7 Å². The number of rotatable bonds is 0. The van der Waals surface area contributed by atoms with Crippen LogP contribution in [0.1, 0.15) is 46.9 Å². The lowest BCUT2D eigenvalue weighted by Crippen LogP contribution is -2.41. The molecule has 1 N–H and O–H groups in total. The van der Waals surface area contributed by atoms with Gasteiger partial charge in [-0.05, 0) is 38.4 Å². The molecular formula is C16H18N2O. The van der Waals surface area contributed by atoms with Crippen molar-refractivity contribution in [2.24, 2.45) is 0 Å². The van der Waals surface area contributed by atoms with Crippen LogP contribution in [0.4, 0.5) is 0 Å². The molecule has 2 aliphatic heterocycles. The van der Waals surface area contributed by atoms with Crippen molar-refractivity contribution in [2.75, 3.05) is 13.1 Å². The van der Waals surface area contributed by atoms with Crippen LogP contribution in [0.2, 0.25) is 0 Å². The van der Waals surface area contributed by atoms with Crippen LogP contribution in [0, 0.1) is 6.92 Å². The Kier molecular flexibility index (Phi) is 2.33. The highest BCUT2D eigenvalue weighted by Gasteiger charge is 2.36. The maximum Gasteiger partial charge on any atom is 0.179 e. The molecule has 3 nitrogen and oxygen atoms in total. The normalized spacial score (nSPS) is 23.4. The number of carbonyl (C=O) groups is 1. The molecule has 1 aromatic carbocycles. The molecule has 0 bridgehead atoms. The highest BCUT2D eigenvalue weighted by Crippen LogP contribution is 2.39. The van der Waals surface area contributed by atoms with Crippen LogP contribution < -0.4 is 0 Å². The van der Waals surface area contributed by atoms with E-state index in [0.29, 0.717) is 12.6 Å². The number of aromatic amines is 1. The van der Waals surface area contributed by atoms with Crippen LogP contribution in [0.3, 0.4) is 0 Å². The van der Waals surface area contributed by atoms with E-state index >= 15 is 0 Å². The highest BCUT2D eigenvalue weighted by atomic mass is 16.1. The number of ketones is 1. The predicted octanol–water partition coefficient (Wildman–Crippen LogP) is 3.20. The minimum atomic E-state index is 0.282. The van der Waals surface area contributed by atoms with E-state index < -0.39 is 0 Å². The molecule has 1 fully saturated rings. The Morgan fingerprint density at radius 3 is 3.11 bits per heavy atom. The molecule has 0 spiro atoms. The summed E-state index contributed by atoms with van der Waals surface area (Å²) in [4.78, 5) is 18.3. The van der Waals surface area contributed by atoms with Gasteiger partial charge in [0.15, 0.2) is 5.78 Å². The Morgan fingerprint density at radius 1 is 1.32 bits per heavy atom. The van der Waals surface area contributed by atoms with Crippen LogP contribution >= 0.6 is 0 Å². The lowest BCUT2D eigenvalue weighted by atomic mass is 9.90. The number of aryl methyl sites for hydroxylation is 1. The molecule has 0 aliphatic carbocycles. The molecular weight excluding hydrogens is 236 g/mol. The molecule has 3 heteroatoms.